The number of rotatable bonds is 8. The number of carbonyl (C=O) groups excluding carboxylic acids is 1. The number of aromatic nitrogens is 2. The van der Waals surface area contributed by atoms with E-state index in [-0.39, 0.29) is 29.8 Å². The van der Waals surface area contributed by atoms with Gasteiger partial charge in [-0.15, -0.1) is 4.68 Å². The van der Waals surface area contributed by atoms with Crippen molar-refractivity contribution in [3.05, 3.63) is 93.1 Å². The molecule has 1 heterocycles. The molecule has 178 valence electrons. The van der Waals surface area contributed by atoms with Crippen molar-refractivity contribution in [3.8, 4) is 17.2 Å². The monoisotopic (exact) mass is 474 g/mol. The third kappa shape index (κ3) is 5.22. The summed E-state index contributed by atoms with van der Waals surface area (Å²) in [4.78, 5) is 39.9. The fraction of sp³-hybridized carbons (Fsp3) is 0.120. The minimum atomic E-state index is -0.673. The Labute approximate surface area is 199 Å². The molecule has 4 rings (SSSR count). The lowest BCUT2D eigenvalue weighted by molar-refractivity contribution is -0.118. The smallest absolute Gasteiger partial charge is 0.349 e. The summed E-state index contributed by atoms with van der Waals surface area (Å²) in [6, 6.07) is 18.8. The lowest BCUT2D eigenvalue weighted by atomic mass is 10.2. The van der Waals surface area contributed by atoms with Crippen LogP contribution in [0.1, 0.15) is 5.56 Å². The number of H-pyrrole nitrogens is 1. The predicted molar refractivity (Wildman–Crippen MR) is 132 cm³/mol. The Hall–Kier alpha value is -4.86. The molecule has 0 unspecified atom stereocenters. The number of hydrogen-bond donors (Lipinski definition) is 2. The van der Waals surface area contributed by atoms with E-state index >= 15 is 0 Å². The largest absolute Gasteiger partial charge is 0.493 e. The highest BCUT2D eigenvalue weighted by molar-refractivity contribution is 5.92. The third-order valence-corrected chi connectivity index (χ3v) is 4.99. The second kappa shape index (κ2) is 10.4. The van der Waals surface area contributed by atoms with Crippen LogP contribution in [0, 0.1) is 0 Å². The molecule has 0 atom stereocenters. The molecule has 0 spiro atoms. The Bertz CT molecular complexity index is 1480. The Morgan fingerprint density at radius 2 is 1.66 bits per heavy atom. The fourth-order valence-electron chi connectivity index (χ4n) is 3.36. The molecule has 10 nitrogen and oxygen atoms in total. The highest BCUT2D eigenvalue weighted by Crippen LogP contribution is 2.38. The van der Waals surface area contributed by atoms with Crippen LogP contribution in [-0.2, 0) is 4.79 Å². The van der Waals surface area contributed by atoms with E-state index in [0.29, 0.717) is 22.2 Å². The Kier molecular flexibility index (Phi) is 6.91. The van der Waals surface area contributed by atoms with Gasteiger partial charge >= 0.3 is 5.69 Å². The third-order valence-electron chi connectivity index (χ3n) is 4.99. The van der Waals surface area contributed by atoms with Crippen LogP contribution in [-0.4, -0.2) is 42.6 Å². The minimum Gasteiger partial charge on any atom is -0.493 e. The molecule has 0 saturated heterocycles. The van der Waals surface area contributed by atoms with E-state index in [0.717, 1.165) is 4.68 Å². The molecular formula is C25H22N4O6. The van der Waals surface area contributed by atoms with Crippen molar-refractivity contribution in [2.45, 2.75) is 0 Å². The summed E-state index contributed by atoms with van der Waals surface area (Å²) in [5.41, 5.74) is 0.317. The molecule has 2 N–H and O–H groups in total. The van der Waals surface area contributed by atoms with Crippen LogP contribution in [0.25, 0.3) is 10.9 Å². The summed E-state index contributed by atoms with van der Waals surface area (Å²) in [7, 11) is 2.87. The first-order chi connectivity index (χ1) is 17.0. The zero-order valence-corrected chi connectivity index (χ0v) is 19.0. The summed E-state index contributed by atoms with van der Waals surface area (Å²) in [5.74, 6) is 0.410. The molecule has 1 aromatic heterocycles. The van der Waals surface area contributed by atoms with Crippen molar-refractivity contribution in [1.29, 1.82) is 0 Å². The summed E-state index contributed by atoms with van der Waals surface area (Å²) in [5, 5.41) is 7.11. The first-order valence-corrected chi connectivity index (χ1v) is 10.5. The van der Waals surface area contributed by atoms with Crippen LogP contribution >= 0.6 is 0 Å². The number of fused-ring (bicyclic) bond motifs is 1. The van der Waals surface area contributed by atoms with E-state index in [1.165, 1.54) is 20.4 Å². The second-order valence-corrected chi connectivity index (χ2v) is 7.29. The first kappa shape index (κ1) is 23.3. The maximum atomic E-state index is 12.7. The Morgan fingerprint density at radius 3 is 2.34 bits per heavy atom. The number of hydrogen-bond acceptors (Lipinski definition) is 7. The quantitative estimate of drug-likeness (QED) is 0.379. The van der Waals surface area contributed by atoms with Gasteiger partial charge in [-0.25, -0.2) is 4.79 Å². The minimum absolute atomic E-state index is 0.219. The molecule has 4 aromatic rings. The molecule has 10 heteroatoms. The van der Waals surface area contributed by atoms with Crippen LogP contribution in [0.3, 0.4) is 0 Å². The Morgan fingerprint density at radius 1 is 1.00 bits per heavy atom. The number of ether oxygens (including phenoxy) is 3. The molecule has 0 saturated carbocycles. The molecular weight excluding hydrogens is 452 g/mol. The number of anilines is 1. The zero-order chi connectivity index (χ0) is 24.8. The van der Waals surface area contributed by atoms with Gasteiger partial charge in [0.15, 0.2) is 18.1 Å². The van der Waals surface area contributed by atoms with E-state index in [1.807, 2.05) is 18.2 Å². The molecule has 3 aromatic carbocycles. The highest BCUT2D eigenvalue weighted by Gasteiger charge is 2.16. The summed E-state index contributed by atoms with van der Waals surface area (Å²) >= 11 is 0. The van der Waals surface area contributed by atoms with Gasteiger partial charge in [-0.3, -0.25) is 9.59 Å². The zero-order valence-electron chi connectivity index (χ0n) is 19.0. The van der Waals surface area contributed by atoms with Crippen molar-refractivity contribution in [3.63, 3.8) is 0 Å². The number of nitrogens with one attached hydrogen (secondary N) is 2. The first-order valence-electron chi connectivity index (χ1n) is 10.5. The SMILES string of the molecule is COc1cc(C=Nn2c(=O)[nH]c3ccccc3c2=O)cc(OC)c1OCC(=O)Nc1ccccc1. The normalized spacial score (nSPS) is 10.9. The second-order valence-electron chi connectivity index (χ2n) is 7.29. The van der Waals surface area contributed by atoms with Crippen LogP contribution in [0.2, 0.25) is 0 Å². The van der Waals surface area contributed by atoms with Gasteiger partial charge in [0.05, 0.1) is 31.3 Å². The standard InChI is InChI=1S/C25H22N4O6/c1-33-20-12-16(14-26-29-24(31)18-10-6-7-11-19(18)28-25(29)32)13-21(34-2)23(20)35-15-22(30)27-17-8-4-3-5-9-17/h3-14H,15H2,1-2H3,(H,27,30)(H,28,32). The van der Waals surface area contributed by atoms with E-state index < -0.39 is 11.2 Å². The highest BCUT2D eigenvalue weighted by atomic mass is 16.5. The Balaban J connectivity index is 1.58. The number of amides is 1. The summed E-state index contributed by atoms with van der Waals surface area (Å²) in [6.45, 7) is -0.281. The predicted octanol–water partition coefficient (Wildman–Crippen LogP) is 2.61. The number of aromatic amines is 1. The lowest BCUT2D eigenvalue weighted by Crippen LogP contribution is -2.32. The average Bonchev–Trinajstić information content (AvgIpc) is 2.87. The van der Waals surface area contributed by atoms with E-state index in [1.54, 1.807) is 48.5 Å². The molecule has 0 aliphatic rings. The van der Waals surface area contributed by atoms with Crippen LogP contribution in [0.4, 0.5) is 5.69 Å². The molecule has 35 heavy (non-hydrogen) atoms. The fourth-order valence-corrected chi connectivity index (χ4v) is 3.36. The number of methoxy groups -OCH3 is 2. The maximum absolute atomic E-state index is 12.7. The van der Waals surface area contributed by atoms with Crippen molar-refractivity contribution in [2.24, 2.45) is 5.10 Å². The van der Waals surface area contributed by atoms with Gasteiger partial charge < -0.3 is 24.5 Å². The van der Waals surface area contributed by atoms with Crippen molar-refractivity contribution >= 4 is 28.7 Å². The van der Waals surface area contributed by atoms with Crippen molar-refractivity contribution < 1.29 is 19.0 Å². The number of nitrogens with zero attached hydrogens (tertiary/aromatic N) is 2. The number of benzene rings is 3. The van der Waals surface area contributed by atoms with Crippen LogP contribution in [0.15, 0.2) is 81.4 Å². The van der Waals surface area contributed by atoms with Gasteiger partial charge in [-0.05, 0) is 36.4 Å². The summed E-state index contributed by atoms with van der Waals surface area (Å²) < 4.78 is 17.2. The topological polar surface area (TPSA) is 124 Å². The van der Waals surface area contributed by atoms with E-state index in [9.17, 15) is 14.4 Å². The van der Waals surface area contributed by atoms with Gasteiger partial charge in [0.1, 0.15) is 0 Å². The van der Waals surface area contributed by atoms with Crippen molar-refractivity contribution in [2.75, 3.05) is 26.1 Å². The van der Waals surface area contributed by atoms with Gasteiger partial charge in [-0.1, -0.05) is 30.3 Å². The number of para-hydroxylation sites is 2. The van der Waals surface area contributed by atoms with Gasteiger partial charge in [-0.2, -0.15) is 5.10 Å². The van der Waals surface area contributed by atoms with Gasteiger partial charge in [0, 0.05) is 11.3 Å². The number of carbonyl (C=O) groups is 1. The van der Waals surface area contributed by atoms with E-state index in [4.69, 9.17) is 14.2 Å². The van der Waals surface area contributed by atoms with Gasteiger partial charge in [0.25, 0.3) is 11.5 Å². The molecule has 0 aliphatic carbocycles. The van der Waals surface area contributed by atoms with Crippen LogP contribution in [0.5, 0.6) is 17.2 Å². The van der Waals surface area contributed by atoms with Crippen LogP contribution < -0.4 is 30.8 Å². The maximum Gasteiger partial charge on any atom is 0.349 e. The molecule has 0 aliphatic heterocycles. The average molecular weight is 474 g/mol. The summed E-state index contributed by atoms with van der Waals surface area (Å²) in [6.07, 6.45) is 1.32. The molecule has 1 amide bonds. The van der Waals surface area contributed by atoms with E-state index in [2.05, 4.69) is 15.4 Å². The molecule has 0 bridgehead atoms. The van der Waals surface area contributed by atoms with Gasteiger partial charge in [0.2, 0.25) is 5.75 Å². The molecule has 0 fully saturated rings. The lowest BCUT2D eigenvalue weighted by Gasteiger charge is -2.15. The molecule has 0 radical (unpaired) electrons. The van der Waals surface area contributed by atoms with Crippen molar-refractivity contribution in [1.82, 2.24) is 9.66 Å².